The molecule has 0 bridgehead atoms. The van der Waals surface area contributed by atoms with Gasteiger partial charge in [-0.3, -0.25) is 4.79 Å². The van der Waals surface area contributed by atoms with Crippen molar-refractivity contribution in [2.24, 2.45) is 0 Å². The average Bonchev–Trinajstić information content (AvgIpc) is 2.44. The lowest BCUT2D eigenvalue weighted by atomic mass is 10.2. The molecule has 108 valence electrons. The maximum atomic E-state index is 11.7. The van der Waals surface area contributed by atoms with Gasteiger partial charge in [0.05, 0.1) is 5.69 Å². The molecular formula is C15H12ClNO4. The van der Waals surface area contributed by atoms with E-state index in [0.717, 1.165) is 0 Å². The standard InChI is InChI=1S/C15H12ClNO4/c16-10-3-5-12(18)11(8-10)17-15(21)6-2-9-1-4-13(19)14(20)7-9/h1-8,18-20H,(H,17,21). The van der Waals surface area contributed by atoms with Crippen LogP contribution in [0.15, 0.2) is 42.5 Å². The fourth-order valence-electron chi connectivity index (χ4n) is 1.60. The van der Waals surface area contributed by atoms with E-state index >= 15 is 0 Å². The zero-order valence-corrected chi connectivity index (χ0v) is 11.5. The molecule has 2 aromatic carbocycles. The molecule has 0 heterocycles. The Bertz CT molecular complexity index is 713. The maximum Gasteiger partial charge on any atom is 0.248 e. The molecule has 1 amide bonds. The second-order valence-electron chi connectivity index (χ2n) is 4.23. The monoisotopic (exact) mass is 305 g/mol. The molecular weight excluding hydrogens is 294 g/mol. The van der Waals surface area contributed by atoms with Crippen LogP contribution in [-0.2, 0) is 4.79 Å². The number of rotatable bonds is 3. The first-order valence-electron chi connectivity index (χ1n) is 5.95. The van der Waals surface area contributed by atoms with Gasteiger partial charge in [-0.05, 0) is 42.0 Å². The number of hydrogen-bond acceptors (Lipinski definition) is 4. The second-order valence-corrected chi connectivity index (χ2v) is 4.67. The van der Waals surface area contributed by atoms with Crippen molar-refractivity contribution in [3.63, 3.8) is 0 Å². The number of halogens is 1. The van der Waals surface area contributed by atoms with Gasteiger partial charge in [-0.25, -0.2) is 0 Å². The molecule has 5 nitrogen and oxygen atoms in total. The molecule has 0 aliphatic heterocycles. The molecule has 2 aromatic rings. The van der Waals surface area contributed by atoms with E-state index in [9.17, 15) is 20.1 Å². The number of nitrogens with one attached hydrogen (secondary N) is 1. The third kappa shape index (κ3) is 3.90. The Morgan fingerprint density at radius 2 is 1.71 bits per heavy atom. The van der Waals surface area contributed by atoms with Crippen LogP contribution in [0.3, 0.4) is 0 Å². The van der Waals surface area contributed by atoms with E-state index in [0.29, 0.717) is 10.6 Å². The highest BCUT2D eigenvalue weighted by Crippen LogP contribution is 2.27. The molecule has 0 fully saturated rings. The lowest BCUT2D eigenvalue weighted by Gasteiger charge is -2.05. The van der Waals surface area contributed by atoms with E-state index in [2.05, 4.69) is 5.32 Å². The van der Waals surface area contributed by atoms with Crippen LogP contribution in [0.2, 0.25) is 5.02 Å². The summed E-state index contributed by atoms with van der Waals surface area (Å²) in [6.45, 7) is 0. The summed E-state index contributed by atoms with van der Waals surface area (Å²) in [6, 6.07) is 8.47. The first-order chi connectivity index (χ1) is 9.95. The summed E-state index contributed by atoms with van der Waals surface area (Å²) in [7, 11) is 0. The third-order valence-corrected chi connectivity index (χ3v) is 2.88. The van der Waals surface area contributed by atoms with Gasteiger partial charge in [0.25, 0.3) is 0 Å². The van der Waals surface area contributed by atoms with Gasteiger partial charge in [-0.2, -0.15) is 0 Å². The van der Waals surface area contributed by atoms with Gasteiger partial charge in [0, 0.05) is 11.1 Å². The minimum absolute atomic E-state index is 0.0940. The van der Waals surface area contributed by atoms with Crippen LogP contribution in [0.4, 0.5) is 5.69 Å². The fraction of sp³-hybridized carbons (Fsp3) is 0. The van der Waals surface area contributed by atoms with E-state index < -0.39 is 5.91 Å². The number of aromatic hydroxyl groups is 3. The van der Waals surface area contributed by atoms with E-state index in [-0.39, 0.29) is 22.9 Å². The van der Waals surface area contributed by atoms with Gasteiger partial charge < -0.3 is 20.6 Å². The molecule has 21 heavy (non-hydrogen) atoms. The van der Waals surface area contributed by atoms with Crippen LogP contribution in [0.25, 0.3) is 6.08 Å². The highest BCUT2D eigenvalue weighted by atomic mass is 35.5. The zero-order chi connectivity index (χ0) is 15.4. The van der Waals surface area contributed by atoms with Crippen LogP contribution in [0.1, 0.15) is 5.56 Å². The summed E-state index contributed by atoms with van der Waals surface area (Å²) in [6.07, 6.45) is 2.68. The molecule has 0 unspecified atom stereocenters. The molecule has 0 aliphatic rings. The molecule has 0 spiro atoms. The van der Waals surface area contributed by atoms with E-state index in [4.69, 9.17) is 11.6 Å². The minimum atomic E-state index is -0.472. The Balaban J connectivity index is 2.09. The molecule has 0 saturated carbocycles. The molecule has 0 radical (unpaired) electrons. The average molecular weight is 306 g/mol. The summed E-state index contributed by atoms with van der Waals surface area (Å²) in [4.78, 5) is 11.7. The Morgan fingerprint density at radius 1 is 1.00 bits per heavy atom. The Morgan fingerprint density at radius 3 is 2.43 bits per heavy atom. The highest BCUT2D eigenvalue weighted by Gasteiger charge is 2.05. The Labute approximate surface area is 125 Å². The smallest absolute Gasteiger partial charge is 0.248 e. The Kier molecular flexibility index (Phi) is 4.35. The van der Waals surface area contributed by atoms with Crippen molar-refractivity contribution in [3.05, 3.63) is 53.1 Å². The zero-order valence-electron chi connectivity index (χ0n) is 10.7. The van der Waals surface area contributed by atoms with Gasteiger partial charge >= 0.3 is 0 Å². The second kappa shape index (κ2) is 6.19. The van der Waals surface area contributed by atoms with Crippen LogP contribution < -0.4 is 5.32 Å². The molecule has 0 saturated heterocycles. The fourth-order valence-corrected chi connectivity index (χ4v) is 1.77. The number of amides is 1. The number of carbonyl (C=O) groups is 1. The van der Waals surface area contributed by atoms with E-state index in [1.54, 1.807) is 0 Å². The number of phenolic OH excluding ortho intramolecular Hbond substituents is 3. The number of benzene rings is 2. The van der Waals surface area contributed by atoms with Crippen molar-refractivity contribution >= 4 is 29.3 Å². The first kappa shape index (κ1) is 14.7. The normalized spacial score (nSPS) is 10.7. The van der Waals surface area contributed by atoms with Crippen molar-refractivity contribution < 1.29 is 20.1 Å². The summed E-state index contributed by atoms with van der Waals surface area (Å²) >= 11 is 5.77. The van der Waals surface area contributed by atoms with Crippen LogP contribution in [-0.4, -0.2) is 21.2 Å². The van der Waals surface area contributed by atoms with Gasteiger partial charge in [0.15, 0.2) is 11.5 Å². The topological polar surface area (TPSA) is 89.8 Å². The molecule has 2 rings (SSSR count). The largest absolute Gasteiger partial charge is 0.506 e. The van der Waals surface area contributed by atoms with Crippen molar-refractivity contribution in [3.8, 4) is 17.2 Å². The quantitative estimate of drug-likeness (QED) is 0.518. The van der Waals surface area contributed by atoms with Gasteiger partial charge in [0.2, 0.25) is 5.91 Å². The molecule has 0 aliphatic carbocycles. The van der Waals surface area contributed by atoms with Crippen LogP contribution in [0, 0.1) is 0 Å². The molecule has 4 N–H and O–H groups in total. The summed E-state index contributed by atoms with van der Waals surface area (Å²) < 4.78 is 0. The van der Waals surface area contributed by atoms with Gasteiger partial charge in [0.1, 0.15) is 5.75 Å². The summed E-state index contributed by atoms with van der Waals surface area (Å²) in [5.41, 5.74) is 0.737. The number of carbonyl (C=O) groups excluding carboxylic acids is 1. The number of phenols is 3. The van der Waals surface area contributed by atoms with Crippen molar-refractivity contribution in [2.45, 2.75) is 0 Å². The molecule has 6 heteroatoms. The lowest BCUT2D eigenvalue weighted by Crippen LogP contribution is -2.07. The van der Waals surface area contributed by atoms with Crippen molar-refractivity contribution in [2.75, 3.05) is 5.32 Å². The summed E-state index contributed by atoms with van der Waals surface area (Å²) in [5.74, 6) is -1.07. The van der Waals surface area contributed by atoms with Crippen LogP contribution in [0.5, 0.6) is 17.2 Å². The lowest BCUT2D eigenvalue weighted by molar-refractivity contribution is -0.111. The minimum Gasteiger partial charge on any atom is -0.506 e. The third-order valence-electron chi connectivity index (χ3n) is 2.64. The molecule has 0 atom stereocenters. The summed E-state index contributed by atoms with van der Waals surface area (Å²) in [5, 5.41) is 31.0. The Hall–Kier alpha value is -2.66. The van der Waals surface area contributed by atoms with Crippen molar-refractivity contribution in [1.82, 2.24) is 0 Å². The maximum absolute atomic E-state index is 11.7. The predicted molar refractivity (Wildman–Crippen MR) is 80.6 cm³/mol. The van der Waals surface area contributed by atoms with Gasteiger partial charge in [-0.15, -0.1) is 0 Å². The van der Waals surface area contributed by atoms with Crippen molar-refractivity contribution in [1.29, 1.82) is 0 Å². The van der Waals surface area contributed by atoms with E-state index in [1.165, 1.54) is 48.6 Å². The highest BCUT2D eigenvalue weighted by molar-refractivity contribution is 6.31. The van der Waals surface area contributed by atoms with Gasteiger partial charge in [-0.1, -0.05) is 17.7 Å². The van der Waals surface area contributed by atoms with E-state index in [1.807, 2.05) is 0 Å². The SMILES string of the molecule is O=C(C=Cc1ccc(O)c(O)c1)Nc1cc(Cl)ccc1O. The first-order valence-corrected chi connectivity index (χ1v) is 6.33. The number of hydrogen-bond donors (Lipinski definition) is 4. The predicted octanol–water partition coefficient (Wildman–Crippen LogP) is 3.11. The molecule has 0 aromatic heterocycles. The number of anilines is 1. The van der Waals surface area contributed by atoms with Crippen LogP contribution >= 0.6 is 11.6 Å².